The SMILES string of the molecule is Cc1ccc(CC(C)Nc2cc(=O)[nH]c(C(C)C)n2)s1. The standard InChI is InChI=1S/C15H21N3OS/c1-9(2)15-17-13(8-14(19)18-15)16-10(3)7-12-6-5-11(4)20-12/h5-6,8-10H,7H2,1-4H3,(H2,16,17,18,19). The van der Waals surface area contributed by atoms with Gasteiger partial charge in [-0.15, -0.1) is 11.3 Å². The van der Waals surface area contributed by atoms with Crippen LogP contribution in [0.1, 0.15) is 42.3 Å². The van der Waals surface area contributed by atoms with Crippen LogP contribution < -0.4 is 10.9 Å². The van der Waals surface area contributed by atoms with Crippen molar-refractivity contribution in [2.24, 2.45) is 0 Å². The van der Waals surface area contributed by atoms with Gasteiger partial charge in [-0.2, -0.15) is 0 Å². The molecule has 0 amide bonds. The summed E-state index contributed by atoms with van der Waals surface area (Å²) >= 11 is 1.81. The Balaban J connectivity index is 2.07. The zero-order chi connectivity index (χ0) is 14.7. The summed E-state index contributed by atoms with van der Waals surface area (Å²) in [4.78, 5) is 21.5. The van der Waals surface area contributed by atoms with Crippen molar-refractivity contribution in [3.8, 4) is 0 Å². The minimum Gasteiger partial charge on any atom is -0.367 e. The van der Waals surface area contributed by atoms with Crippen LogP contribution in [-0.4, -0.2) is 16.0 Å². The summed E-state index contributed by atoms with van der Waals surface area (Å²) in [6, 6.07) is 6.04. The summed E-state index contributed by atoms with van der Waals surface area (Å²) < 4.78 is 0. The summed E-state index contributed by atoms with van der Waals surface area (Å²) in [5.41, 5.74) is -0.106. The van der Waals surface area contributed by atoms with E-state index in [1.54, 1.807) is 0 Å². The molecule has 0 aliphatic carbocycles. The van der Waals surface area contributed by atoms with E-state index in [1.807, 2.05) is 25.2 Å². The van der Waals surface area contributed by atoms with Gasteiger partial charge >= 0.3 is 0 Å². The molecule has 1 unspecified atom stereocenters. The number of aryl methyl sites for hydroxylation is 1. The first-order valence-corrected chi connectivity index (χ1v) is 7.69. The van der Waals surface area contributed by atoms with Gasteiger partial charge in [0.25, 0.3) is 5.56 Å². The fourth-order valence-corrected chi connectivity index (χ4v) is 3.04. The molecule has 2 aromatic rings. The first-order chi connectivity index (χ1) is 9.44. The van der Waals surface area contributed by atoms with E-state index in [2.05, 4.69) is 41.3 Å². The first-order valence-electron chi connectivity index (χ1n) is 6.87. The lowest BCUT2D eigenvalue weighted by Gasteiger charge is -2.14. The molecule has 108 valence electrons. The lowest BCUT2D eigenvalue weighted by Crippen LogP contribution is -2.21. The molecule has 2 aromatic heterocycles. The quantitative estimate of drug-likeness (QED) is 0.888. The van der Waals surface area contributed by atoms with Gasteiger partial charge in [-0.25, -0.2) is 4.98 Å². The smallest absolute Gasteiger partial charge is 0.252 e. The average molecular weight is 291 g/mol. The van der Waals surface area contributed by atoms with Crippen molar-refractivity contribution in [1.29, 1.82) is 0 Å². The number of rotatable bonds is 5. The maximum atomic E-state index is 11.6. The van der Waals surface area contributed by atoms with Crippen LogP contribution >= 0.6 is 11.3 Å². The molecule has 0 saturated carbocycles. The molecule has 5 heteroatoms. The number of thiophene rings is 1. The van der Waals surface area contributed by atoms with Gasteiger partial charge < -0.3 is 10.3 Å². The summed E-state index contributed by atoms with van der Waals surface area (Å²) in [6.45, 7) is 8.24. The van der Waals surface area contributed by atoms with E-state index < -0.39 is 0 Å². The molecule has 2 N–H and O–H groups in total. The van der Waals surface area contributed by atoms with E-state index in [0.717, 1.165) is 12.2 Å². The first kappa shape index (κ1) is 14.8. The van der Waals surface area contributed by atoms with Crippen LogP contribution in [0.15, 0.2) is 23.0 Å². The maximum Gasteiger partial charge on any atom is 0.252 e. The summed E-state index contributed by atoms with van der Waals surface area (Å²) in [6.07, 6.45) is 0.935. The molecule has 0 saturated heterocycles. The van der Waals surface area contributed by atoms with Crippen molar-refractivity contribution in [2.75, 3.05) is 5.32 Å². The van der Waals surface area contributed by atoms with E-state index in [1.165, 1.54) is 15.8 Å². The molecule has 0 spiro atoms. The predicted octanol–water partition coefficient (Wildman–Crippen LogP) is 3.31. The van der Waals surface area contributed by atoms with E-state index >= 15 is 0 Å². The van der Waals surface area contributed by atoms with Gasteiger partial charge in [0.1, 0.15) is 11.6 Å². The van der Waals surface area contributed by atoms with Crippen molar-refractivity contribution < 1.29 is 0 Å². The minimum atomic E-state index is -0.106. The Morgan fingerprint density at radius 2 is 2.10 bits per heavy atom. The highest BCUT2D eigenvalue weighted by atomic mass is 32.1. The molecular weight excluding hydrogens is 270 g/mol. The molecule has 2 heterocycles. The lowest BCUT2D eigenvalue weighted by atomic mass is 10.2. The summed E-state index contributed by atoms with van der Waals surface area (Å²) in [5.74, 6) is 1.58. The normalized spacial score (nSPS) is 12.7. The van der Waals surface area contributed by atoms with E-state index in [9.17, 15) is 4.79 Å². The second kappa shape index (κ2) is 6.22. The van der Waals surface area contributed by atoms with Gasteiger partial charge in [-0.3, -0.25) is 4.79 Å². The highest BCUT2D eigenvalue weighted by Crippen LogP contribution is 2.18. The van der Waals surface area contributed by atoms with Crippen LogP contribution in [0, 0.1) is 6.92 Å². The number of H-pyrrole nitrogens is 1. The van der Waals surface area contributed by atoms with E-state index in [0.29, 0.717) is 5.82 Å². The summed E-state index contributed by atoms with van der Waals surface area (Å²) in [7, 11) is 0. The zero-order valence-corrected chi connectivity index (χ0v) is 13.2. The van der Waals surface area contributed by atoms with Crippen LogP contribution in [0.3, 0.4) is 0 Å². The number of aromatic nitrogens is 2. The number of hydrogen-bond donors (Lipinski definition) is 2. The molecule has 20 heavy (non-hydrogen) atoms. The van der Waals surface area contributed by atoms with Crippen molar-refractivity contribution in [2.45, 2.75) is 46.1 Å². The van der Waals surface area contributed by atoms with Gasteiger partial charge in [0.05, 0.1) is 0 Å². The third-order valence-corrected chi connectivity index (χ3v) is 4.03. The third kappa shape index (κ3) is 3.93. The molecule has 0 aliphatic heterocycles. The molecule has 4 nitrogen and oxygen atoms in total. The molecule has 0 radical (unpaired) electrons. The zero-order valence-electron chi connectivity index (χ0n) is 12.4. The van der Waals surface area contributed by atoms with E-state index in [4.69, 9.17) is 0 Å². The van der Waals surface area contributed by atoms with Crippen molar-refractivity contribution in [3.05, 3.63) is 44.1 Å². The molecule has 1 atom stereocenters. The predicted molar refractivity (Wildman–Crippen MR) is 84.8 cm³/mol. The fraction of sp³-hybridized carbons (Fsp3) is 0.467. The topological polar surface area (TPSA) is 57.8 Å². The highest BCUT2D eigenvalue weighted by Gasteiger charge is 2.09. The number of nitrogens with one attached hydrogen (secondary N) is 2. The highest BCUT2D eigenvalue weighted by molar-refractivity contribution is 7.11. The number of hydrogen-bond acceptors (Lipinski definition) is 4. The molecule has 0 fully saturated rings. The Bertz CT molecular complexity index is 630. The van der Waals surface area contributed by atoms with Crippen molar-refractivity contribution >= 4 is 17.2 Å². The van der Waals surface area contributed by atoms with Gasteiger partial charge in [0.2, 0.25) is 0 Å². The molecule has 2 rings (SSSR count). The van der Waals surface area contributed by atoms with E-state index in [-0.39, 0.29) is 17.5 Å². The van der Waals surface area contributed by atoms with Crippen LogP contribution in [-0.2, 0) is 6.42 Å². The third-order valence-electron chi connectivity index (χ3n) is 3.00. The van der Waals surface area contributed by atoms with Crippen molar-refractivity contribution in [3.63, 3.8) is 0 Å². The lowest BCUT2D eigenvalue weighted by molar-refractivity contribution is 0.751. The molecule has 0 aliphatic rings. The number of aromatic amines is 1. The largest absolute Gasteiger partial charge is 0.367 e. The van der Waals surface area contributed by atoms with Gasteiger partial charge in [0.15, 0.2) is 0 Å². The minimum absolute atomic E-state index is 0.106. The van der Waals surface area contributed by atoms with Crippen LogP contribution in [0.5, 0.6) is 0 Å². The Hall–Kier alpha value is -1.62. The van der Waals surface area contributed by atoms with Gasteiger partial charge in [-0.1, -0.05) is 13.8 Å². The number of anilines is 1. The number of nitrogens with zero attached hydrogens (tertiary/aromatic N) is 1. The Kier molecular flexibility index (Phi) is 4.60. The Morgan fingerprint density at radius 1 is 1.35 bits per heavy atom. The average Bonchev–Trinajstić information content (AvgIpc) is 2.73. The van der Waals surface area contributed by atoms with Crippen LogP contribution in [0.4, 0.5) is 5.82 Å². The van der Waals surface area contributed by atoms with Crippen LogP contribution in [0.2, 0.25) is 0 Å². The second-order valence-corrected chi connectivity index (χ2v) is 6.80. The molecule has 0 aromatic carbocycles. The Labute approximate surface area is 123 Å². The monoisotopic (exact) mass is 291 g/mol. The second-order valence-electron chi connectivity index (χ2n) is 5.43. The summed E-state index contributed by atoms with van der Waals surface area (Å²) in [5, 5.41) is 3.31. The van der Waals surface area contributed by atoms with Crippen LogP contribution in [0.25, 0.3) is 0 Å². The molecule has 0 bridgehead atoms. The Morgan fingerprint density at radius 3 is 2.70 bits per heavy atom. The maximum absolute atomic E-state index is 11.6. The van der Waals surface area contributed by atoms with Gasteiger partial charge in [0, 0.05) is 34.2 Å². The van der Waals surface area contributed by atoms with Gasteiger partial charge in [-0.05, 0) is 26.0 Å². The fourth-order valence-electron chi connectivity index (χ4n) is 2.02. The van der Waals surface area contributed by atoms with Crippen molar-refractivity contribution in [1.82, 2.24) is 9.97 Å². The molecular formula is C15H21N3OS.